The topological polar surface area (TPSA) is 64.4 Å². The van der Waals surface area contributed by atoms with Gasteiger partial charge in [0, 0.05) is 24.1 Å². The predicted octanol–water partition coefficient (Wildman–Crippen LogP) is 6.07. The summed E-state index contributed by atoms with van der Waals surface area (Å²) in [5.41, 5.74) is 2.52. The molecule has 2 aliphatic carbocycles. The van der Waals surface area contributed by atoms with Gasteiger partial charge in [-0.2, -0.15) is 0 Å². The Hall–Kier alpha value is -3.18. The number of benzene rings is 2. The van der Waals surface area contributed by atoms with Crippen molar-refractivity contribution < 1.29 is 14.1 Å². The van der Waals surface area contributed by atoms with Gasteiger partial charge in [0.05, 0.1) is 11.1 Å². The number of allylic oxidation sites excluding steroid dienone is 1. The molecule has 1 aromatic heterocycles. The van der Waals surface area contributed by atoms with Crippen LogP contribution in [0.4, 0.5) is 0 Å². The molecule has 0 bridgehead atoms. The second-order valence-corrected chi connectivity index (χ2v) is 9.91. The Labute approximate surface area is 207 Å². The first-order chi connectivity index (χ1) is 17.2. The quantitative estimate of drug-likeness (QED) is 0.221. The van der Waals surface area contributed by atoms with Crippen LogP contribution in [0.2, 0.25) is 0 Å². The molecule has 5 nitrogen and oxygen atoms in total. The highest BCUT2D eigenvalue weighted by atomic mass is 16.5. The van der Waals surface area contributed by atoms with Crippen LogP contribution in [-0.2, 0) is 21.5 Å². The van der Waals surface area contributed by atoms with Gasteiger partial charge in [0.2, 0.25) is 0 Å². The Bertz CT molecular complexity index is 1120. The Morgan fingerprint density at radius 2 is 1.83 bits per heavy atom. The molecule has 2 aromatic carbocycles. The van der Waals surface area contributed by atoms with Crippen molar-refractivity contribution in [3.8, 4) is 11.3 Å². The van der Waals surface area contributed by atoms with E-state index in [1.54, 1.807) is 0 Å². The Morgan fingerprint density at radius 1 is 1.11 bits per heavy atom. The van der Waals surface area contributed by atoms with E-state index < -0.39 is 5.41 Å². The van der Waals surface area contributed by atoms with Gasteiger partial charge in [0.15, 0.2) is 5.76 Å². The molecule has 3 aromatic rings. The number of esters is 1. The number of aromatic nitrogens is 1. The fourth-order valence-corrected chi connectivity index (χ4v) is 5.72. The highest BCUT2D eigenvalue weighted by molar-refractivity contribution is 5.84. The molecule has 5 heteroatoms. The molecule has 1 heterocycles. The minimum absolute atomic E-state index is 0.0368. The zero-order valence-corrected chi connectivity index (χ0v) is 20.2. The molecular weight excluding hydrogens is 436 g/mol. The molecule has 35 heavy (non-hydrogen) atoms. The number of nitrogens with zero attached hydrogens (tertiary/aromatic N) is 1. The molecule has 0 aliphatic heterocycles. The number of ether oxygens (including phenoxy) is 1. The lowest BCUT2D eigenvalue weighted by Gasteiger charge is -2.44. The fourth-order valence-electron chi connectivity index (χ4n) is 5.72. The predicted molar refractivity (Wildman–Crippen MR) is 137 cm³/mol. The van der Waals surface area contributed by atoms with Crippen molar-refractivity contribution in [2.45, 2.75) is 56.6 Å². The highest BCUT2D eigenvalue weighted by Gasteiger charge is 2.48. The van der Waals surface area contributed by atoms with E-state index in [9.17, 15) is 4.79 Å². The normalized spacial score (nSPS) is 22.9. The van der Waals surface area contributed by atoms with Gasteiger partial charge in [-0.05, 0) is 43.7 Å². The zero-order valence-electron chi connectivity index (χ0n) is 20.2. The van der Waals surface area contributed by atoms with Crippen molar-refractivity contribution in [1.82, 2.24) is 10.5 Å². The Morgan fingerprint density at radius 3 is 2.54 bits per heavy atom. The van der Waals surface area contributed by atoms with E-state index in [1.807, 2.05) is 60.7 Å². The number of carbonyl (C=O) groups excluding carboxylic acids is 1. The van der Waals surface area contributed by atoms with E-state index in [-0.39, 0.29) is 12.1 Å². The van der Waals surface area contributed by atoms with Crippen LogP contribution in [0.1, 0.15) is 49.8 Å². The van der Waals surface area contributed by atoms with Crippen molar-refractivity contribution in [2.75, 3.05) is 6.54 Å². The summed E-state index contributed by atoms with van der Waals surface area (Å²) in [6.45, 7) is 5.47. The van der Waals surface area contributed by atoms with E-state index in [0.717, 1.165) is 67.7 Å². The van der Waals surface area contributed by atoms with Crippen molar-refractivity contribution in [3.05, 3.63) is 90.6 Å². The first-order valence-electron chi connectivity index (χ1n) is 12.8. The average molecular weight is 471 g/mol. The van der Waals surface area contributed by atoms with Crippen LogP contribution in [0.15, 0.2) is 83.9 Å². The second-order valence-electron chi connectivity index (χ2n) is 9.91. The monoisotopic (exact) mass is 470 g/mol. The molecule has 5 rings (SSSR count). The van der Waals surface area contributed by atoms with Crippen molar-refractivity contribution >= 4 is 5.97 Å². The summed E-state index contributed by atoms with van der Waals surface area (Å²) in [5, 5.41) is 7.66. The van der Waals surface area contributed by atoms with Gasteiger partial charge in [-0.3, -0.25) is 4.79 Å². The smallest absolute Gasteiger partial charge is 0.316 e. The number of nitrogens with one attached hydrogen (secondary N) is 1. The third-order valence-electron chi connectivity index (χ3n) is 7.85. The maximum atomic E-state index is 13.5. The van der Waals surface area contributed by atoms with Crippen LogP contribution in [0.3, 0.4) is 0 Å². The van der Waals surface area contributed by atoms with Crippen LogP contribution in [0.25, 0.3) is 11.3 Å². The van der Waals surface area contributed by atoms with Gasteiger partial charge in [0.1, 0.15) is 6.10 Å². The van der Waals surface area contributed by atoms with Crippen molar-refractivity contribution in [2.24, 2.45) is 11.8 Å². The van der Waals surface area contributed by atoms with Gasteiger partial charge in [-0.1, -0.05) is 84.7 Å². The van der Waals surface area contributed by atoms with E-state index in [1.165, 1.54) is 0 Å². The second kappa shape index (κ2) is 10.6. The molecule has 2 unspecified atom stereocenters. The molecule has 2 aliphatic rings. The number of hydrogen-bond donors (Lipinski definition) is 1. The summed E-state index contributed by atoms with van der Waals surface area (Å²) in [7, 11) is 0. The minimum Gasteiger partial charge on any atom is -0.461 e. The number of hydrogen-bond acceptors (Lipinski definition) is 5. The molecule has 0 radical (unpaired) electrons. The SMILES string of the molecule is C=CC1C[C@H](OC(=O)C2(c3ccccc3)CCCC2)C1CCNCc1cc(-c2ccccc2)on1. The van der Waals surface area contributed by atoms with Crippen molar-refractivity contribution in [3.63, 3.8) is 0 Å². The first-order valence-corrected chi connectivity index (χ1v) is 12.8. The van der Waals surface area contributed by atoms with Crippen LogP contribution in [0, 0.1) is 11.8 Å². The summed E-state index contributed by atoms with van der Waals surface area (Å²) in [6, 6.07) is 22.2. The molecule has 2 saturated carbocycles. The standard InChI is InChI=1S/C30H34N2O3/c1-2-22-19-28(34-29(33)30(16-9-10-17-30)24-13-7-4-8-14-24)26(22)15-18-31-21-25-20-27(35-32-25)23-11-5-3-6-12-23/h2-8,11-14,20,22,26,28,31H,1,9-10,15-19,21H2/t22?,26?,28-/m0/s1. The maximum absolute atomic E-state index is 13.5. The van der Waals surface area contributed by atoms with Gasteiger partial charge < -0.3 is 14.6 Å². The maximum Gasteiger partial charge on any atom is 0.316 e. The lowest BCUT2D eigenvalue weighted by Crippen LogP contribution is -2.47. The fraction of sp³-hybridized carbons (Fsp3) is 0.400. The summed E-state index contributed by atoms with van der Waals surface area (Å²) in [4.78, 5) is 13.5. The molecule has 3 atom stereocenters. The molecule has 0 saturated heterocycles. The lowest BCUT2D eigenvalue weighted by atomic mass is 9.69. The molecule has 182 valence electrons. The molecule has 0 amide bonds. The third-order valence-corrected chi connectivity index (χ3v) is 7.85. The average Bonchev–Trinajstić information content (AvgIpc) is 3.58. The van der Waals surface area contributed by atoms with Gasteiger partial charge in [-0.25, -0.2) is 0 Å². The van der Waals surface area contributed by atoms with Crippen LogP contribution < -0.4 is 5.32 Å². The number of carbonyl (C=O) groups is 1. The van der Waals surface area contributed by atoms with Crippen LogP contribution in [-0.4, -0.2) is 23.8 Å². The number of rotatable bonds is 10. The molecule has 2 fully saturated rings. The van der Waals surface area contributed by atoms with E-state index in [0.29, 0.717) is 18.4 Å². The van der Waals surface area contributed by atoms with Gasteiger partial charge in [-0.15, -0.1) is 6.58 Å². The van der Waals surface area contributed by atoms with E-state index >= 15 is 0 Å². The summed E-state index contributed by atoms with van der Waals surface area (Å²) in [6.07, 6.45) is 7.68. The van der Waals surface area contributed by atoms with Crippen LogP contribution >= 0.6 is 0 Å². The molecular formula is C30H34N2O3. The summed E-state index contributed by atoms with van der Waals surface area (Å²) < 4.78 is 11.7. The van der Waals surface area contributed by atoms with E-state index in [2.05, 4.69) is 29.2 Å². The molecule has 1 N–H and O–H groups in total. The largest absolute Gasteiger partial charge is 0.461 e. The van der Waals surface area contributed by atoms with Crippen LogP contribution in [0.5, 0.6) is 0 Å². The summed E-state index contributed by atoms with van der Waals surface area (Å²) in [5.74, 6) is 1.43. The first kappa shape index (κ1) is 23.6. The Kier molecular flexibility index (Phi) is 7.14. The lowest BCUT2D eigenvalue weighted by molar-refractivity contribution is -0.168. The third kappa shape index (κ3) is 4.96. The zero-order chi connectivity index (χ0) is 24.1. The Balaban J connectivity index is 1.15. The summed E-state index contributed by atoms with van der Waals surface area (Å²) >= 11 is 0. The van der Waals surface area contributed by atoms with Gasteiger partial charge >= 0.3 is 5.97 Å². The minimum atomic E-state index is -0.479. The van der Waals surface area contributed by atoms with Crippen molar-refractivity contribution in [1.29, 1.82) is 0 Å². The van der Waals surface area contributed by atoms with E-state index in [4.69, 9.17) is 9.26 Å². The molecule has 0 spiro atoms. The highest BCUT2D eigenvalue weighted by Crippen LogP contribution is 2.45. The van der Waals surface area contributed by atoms with Gasteiger partial charge in [0.25, 0.3) is 0 Å².